The van der Waals surface area contributed by atoms with Gasteiger partial charge in [-0.1, -0.05) is 0 Å². The highest BCUT2D eigenvalue weighted by Crippen LogP contribution is 2.18. The van der Waals surface area contributed by atoms with Crippen molar-refractivity contribution >= 4 is 14.2 Å². The summed E-state index contributed by atoms with van der Waals surface area (Å²) in [4.78, 5) is 12.1. The topological polar surface area (TPSA) is 19.4 Å². The molecule has 2 aliphatic rings. The van der Waals surface area contributed by atoms with Crippen LogP contribution in [0, 0.1) is 0 Å². The Hall–Kier alpha value is -0.110. The van der Waals surface area contributed by atoms with Gasteiger partial charge in [-0.25, -0.2) is 0 Å². The minimum absolute atomic E-state index is 0.341. The van der Waals surface area contributed by atoms with E-state index < -0.39 is 0 Å². The standard InChI is InChI=1S/C10H26B2N6/c1-13(2)18(11-14(3)7-8-15(11)4)12-16(5)9-10-17(12)6/h7-10H2,1-6H3. The van der Waals surface area contributed by atoms with Crippen LogP contribution in [0.1, 0.15) is 0 Å². The molecular formula is C10H26B2N6. The van der Waals surface area contributed by atoms with E-state index in [0.29, 0.717) is 14.2 Å². The van der Waals surface area contributed by atoms with Gasteiger partial charge in [-0.15, -0.1) is 0 Å². The molecule has 0 N–H and O–H groups in total. The molecule has 0 aliphatic carbocycles. The van der Waals surface area contributed by atoms with Gasteiger partial charge in [0, 0.05) is 26.2 Å². The Morgan fingerprint density at radius 3 is 1.17 bits per heavy atom. The van der Waals surface area contributed by atoms with Gasteiger partial charge in [0.25, 0.3) is 0 Å². The number of hydrazine groups is 1. The number of likely N-dealkylation sites (N-methyl/N-ethyl adjacent to an activating group) is 4. The first-order valence-electron chi connectivity index (χ1n) is 6.70. The van der Waals surface area contributed by atoms with Crippen LogP contribution in [0.5, 0.6) is 0 Å². The summed E-state index contributed by atoms with van der Waals surface area (Å²) in [6.45, 7) is 4.52. The molecule has 102 valence electrons. The average Bonchev–Trinajstić information content (AvgIpc) is 2.78. The minimum Gasteiger partial charge on any atom is -0.315 e. The van der Waals surface area contributed by atoms with Crippen LogP contribution in [0.3, 0.4) is 0 Å². The number of rotatable bonds is 3. The van der Waals surface area contributed by atoms with Crippen LogP contribution in [0.25, 0.3) is 0 Å². The predicted octanol–water partition coefficient (Wildman–Crippen LogP) is -1.51. The van der Waals surface area contributed by atoms with Gasteiger partial charge < -0.3 is 19.2 Å². The zero-order valence-electron chi connectivity index (χ0n) is 12.7. The third-order valence-corrected chi connectivity index (χ3v) is 4.12. The number of nitrogens with zero attached hydrogens (tertiary/aromatic N) is 6. The van der Waals surface area contributed by atoms with Gasteiger partial charge in [0.1, 0.15) is 0 Å². The third kappa shape index (κ3) is 2.45. The first kappa shape index (κ1) is 14.3. The maximum atomic E-state index is 2.46. The Kier molecular flexibility index (Phi) is 4.36. The zero-order valence-corrected chi connectivity index (χ0v) is 12.7. The molecule has 0 bridgehead atoms. The van der Waals surface area contributed by atoms with Crippen LogP contribution in [0.15, 0.2) is 0 Å². The molecule has 6 nitrogen and oxygen atoms in total. The summed E-state index contributed by atoms with van der Waals surface area (Å²) in [6.07, 6.45) is 0. The molecule has 0 aromatic carbocycles. The summed E-state index contributed by atoms with van der Waals surface area (Å²) in [5, 5.41) is 2.23. The molecule has 0 aromatic rings. The van der Waals surface area contributed by atoms with Gasteiger partial charge in [0.05, 0.1) is 0 Å². The largest absolute Gasteiger partial charge is 0.408 e. The van der Waals surface area contributed by atoms with E-state index in [9.17, 15) is 0 Å². The van der Waals surface area contributed by atoms with Gasteiger partial charge in [-0.2, -0.15) is 0 Å². The second-order valence-electron chi connectivity index (χ2n) is 5.84. The Bertz CT molecular complexity index is 248. The molecule has 18 heavy (non-hydrogen) atoms. The Morgan fingerprint density at radius 2 is 0.944 bits per heavy atom. The normalized spacial score (nSPS) is 25.3. The minimum atomic E-state index is 0.341. The van der Waals surface area contributed by atoms with E-state index in [2.05, 4.69) is 71.4 Å². The van der Waals surface area contributed by atoms with Crippen molar-refractivity contribution in [1.29, 1.82) is 0 Å². The molecule has 0 atom stereocenters. The Morgan fingerprint density at radius 1 is 0.667 bits per heavy atom. The highest BCUT2D eigenvalue weighted by molar-refractivity contribution is 6.67. The van der Waals surface area contributed by atoms with Crippen LogP contribution < -0.4 is 0 Å². The van der Waals surface area contributed by atoms with E-state index >= 15 is 0 Å². The lowest BCUT2D eigenvalue weighted by atomic mass is 9.74. The van der Waals surface area contributed by atoms with Crippen molar-refractivity contribution in [2.75, 3.05) is 68.5 Å². The lowest BCUT2D eigenvalue weighted by Crippen LogP contribution is -2.70. The first-order valence-corrected chi connectivity index (χ1v) is 6.70. The highest BCUT2D eigenvalue weighted by atomic mass is 15.7. The predicted molar refractivity (Wildman–Crippen MR) is 77.6 cm³/mol. The molecule has 0 unspecified atom stereocenters. The Balaban J connectivity index is 2.22. The smallest absolute Gasteiger partial charge is 0.315 e. The molecule has 2 saturated heterocycles. The van der Waals surface area contributed by atoms with Gasteiger partial charge in [0.15, 0.2) is 0 Å². The summed E-state index contributed by atoms with van der Waals surface area (Å²) >= 11 is 0. The molecule has 2 heterocycles. The number of hydrogen-bond donors (Lipinski definition) is 0. The van der Waals surface area contributed by atoms with E-state index in [-0.39, 0.29) is 0 Å². The summed E-state index contributed by atoms with van der Waals surface area (Å²) < 4.78 is 0. The van der Waals surface area contributed by atoms with Crippen molar-refractivity contribution in [2.24, 2.45) is 0 Å². The van der Waals surface area contributed by atoms with E-state index in [1.54, 1.807) is 0 Å². The first-order chi connectivity index (χ1) is 8.43. The van der Waals surface area contributed by atoms with Crippen LogP contribution in [-0.2, 0) is 0 Å². The molecule has 0 amide bonds. The molecule has 2 fully saturated rings. The molecule has 0 spiro atoms. The zero-order chi connectivity index (χ0) is 13.4. The van der Waals surface area contributed by atoms with Crippen LogP contribution in [0.2, 0.25) is 0 Å². The van der Waals surface area contributed by atoms with E-state index in [4.69, 9.17) is 0 Å². The van der Waals surface area contributed by atoms with Crippen molar-refractivity contribution in [2.45, 2.75) is 0 Å². The lowest BCUT2D eigenvalue weighted by Gasteiger charge is -2.43. The van der Waals surface area contributed by atoms with Crippen LogP contribution in [-0.4, -0.2) is 112 Å². The lowest BCUT2D eigenvalue weighted by molar-refractivity contribution is 0.169. The van der Waals surface area contributed by atoms with E-state index in [1.165, 1.54) is 0 Å². The quantitative estimate of drug-likeness (QED) is 0.446. The highest BCUT2D eigenvalue weighted by Gasteiger charge is 2.49. The molecule has 8 heteroatoms. The van der Waals surface area contributed by atoms with Crippen molar-refractivity contribution in [1.82, 2.24) is 29.1 Å². The molecule has 0 radical (unpaired) electrons. The fourth-order valence-corrected chi connectivity index (χ4v) is 3.11. The average molecular weight is 252 g/mol. The molecule has 0 aromatic heterocycles. The van der Waals surface area contributed by atoms with Crippen molar-refractivity contribution in [3.05, 3.63) is 0 Å². The second kappa shape index (κ2) is 5.48. The molecule has 0 saturated carbocycles. The van der Waals surface area contributed by atoms with Crippen molar-refractivity contribution in [3.8, 4) is 0 Å². The fraction of sp³-hybridized carbons (Fsp3) is 1.00. The SMILES string of the molecule is CN1CCN(C)B1N(B1N(C)CCN1C)N(C)C. The van der Waals surface area contributed by atoms with Gasteiger partial charge in [0.2, 0.25) is 0 Å². The van der Waals surface area contributed by atoms with Crippen LogP contribution >= 0.6 is 0 Å². The molecule has 2 rings (SSSR count). The fourth-order valence-electron chi connectivity index (χ4n) is 3.11. The van der Waals surface area contributed by atoms with Crippen molar-refractivity contribution < 1.29 is 0 Å². The Labute approximate surface area is 112 Å². The van der Waals surface area contributed by atoms with Gasteiger partial charge >= 0.3 is 14.2 Å². The summed E-state index contributed by atoms with van der Waals surface area (Å²) in [7, 11) is 13.8. The molecule has 2 aliphatic heterocycles. The van der Waals surface area contributed by atoms with Gasteiger partial charge in [-0.3, -0.25) is 9.84 Å². The van der Waals surface area contributed by atoms with E-state index in [0.717, 1.165) is 26.2 Å². The number of hydrogen-bond acceptors (Lipinski definition) is 6. The van der Waals surface area contributed by atoms with E-state index in [1.807, 2.05) is 0 Å². The maximum Gasteiger partial charge on any atom is 0.408 e. The monoisotopic (exact) mass is 252 g/mol. The summed E-state index contributed by atoms with van der Waals surface area (Å²) in [5.74, 6) is 0. The second-order valence-corrected chi connectivity index (χ2v) is 5.84. The maximum absolute atomic E-state index is 2.46. The third-order valence-electron chi connectivity index (χ3n) is 4.12. The summed E-state index contributed by atoms with van der Waals surface area (Å²) in [5.41, 5.74) is 0. The summed E-state index contributed by atoms with van der Waals surface area (Å²) in [6, 6.07) is 0. The van der Waals surface area contributed by atoms with Crippen molar-refractivity contribution in [3.63, 3.8) is 0 Å². The van der Waals surface area contributed by atoms with Crippen LogP contribution in [0.4, 0.5) is 0 Å². The van der Waals surface area contributed by atoms with Gasteiger partial charge in [-0.05, 0) is 42.3 Å². The molecular weight excluding hydrogens is 226 g/mol.